The molecule has 1 saturated heterocycles. The van der Waals surface area contributed by atoms with Gasteiger partial charge in [0.15, 0.2) is 0 Å². The van der Waals surface area contributed by atoms with E-state index in [2.05, 4.69) is 34.1 Å². The van der Waals surface area contributed by atoms with Crippen LogP contribution in [0.5, 0.6) is 0 Å². The summed E-state index contributed by atoms with van der Waals surface area (Å²) in [6.45, 7) is 3.40. The van der Waals surface area contributed by atoms with Gasteiger partial charge in [0.1, 0.15) is 5.82 Å². The summed E-state index contributed by atoms with van der Waals surface area (Å²) in [5.74, 6) is 0.716. The monoisotopic (exact) mass is 333 g/mol. The van der Waals surface area contributed by atoms with Crippen molar-refractivity contribution in [1.82, 2.24) is 14.5 Å². The van der Waals surface area contributed by atoms with Crippen molar-refractivity contribution in [1.29, 1.82) is 0 Å². The molecule has 4 rings (SSSR count). The number of nitrogens with zero attached hydrogens (tertiary/aromatic N) is 3. The van der Waals surface area contributed by atoms with Gasteiger partial charge < -0.3 is 4.57 Å². The topological polar surface area (TPSA) is 38.1 Å². The van der Waals surface area contributed by atoms with Gasteiger partial charge >= 0.3 is 0 Å². The van der Waals surface area contributed by atoms with Crippen LogP contribution in [-0.2, 0) is 13.6 Å². The molecule has 4 heteroatoms. The van der Waals surface area contributed by atoms with E-state index in [0.29, 0.717) is 11.2 Å². The smallest absolute Gasteiger partial charge is 0.281 e. The highest BCUT2D eigenvalue weighted by molar-refractivity contribution is 5.80. The van der Waals surface area contributed by atoms with Crippen LogP contribution in [0, 0.1) is 0 Å². The van der Waals surface area contributed by atoms with Crippen LogP contribution in [0.3, 0.4) is 0 Å². The predicted molar refractivity (Wildman–Crippen MR) is 102 cm³/mol. The second-order valence-electron chi connectivity index (χ2n) is 6.85. The van der Waals surface area contributed by atoms with Gasteiger partial charge in [-0.1, -0.05) is 42.8 Å². The molecule has 4 nitrogen and oxygen atoms in total. The van der Waals surface area contributed by atoms with Gasteiger partial charge in [-0.3, -0.25) is 9.69 Å². The third-order valence-corrected chi connectivity index (χ3v) is 5.09. The number of rotatable bonds is 3. The minimum Gasteiger partial charge on any atom is -0.328 e. The molecule has 1 aliphatic rings. The zero-order chi connectivity index (χ0) is 17.2. The van der Waals surface area contributed by atoms with E-state index in [1.165, 1.54) is 37.9 Å². The van der Waals surface area contributed by atoms with Gasteiger partial charge in [0, 0.05) is 19.2 Å². The molecule has 0 aliphatic carbocycles. The number of hydrogen-bond acceptors (Lipinski definition) is 3. The molecule has 0 radical (unpaired) electrons. The van der Waals surface area contributed by atoms with E-state index < -0.39 is 0 Å². The van der Waals surface area contributed by atoms with Crippen molar-refractivity contribution in [2.75, 3.05) is 13.1 Å². The standard InChI is InChI=1S/C21H23N3O/c1-23-19-8-4-3-7-18(19)21(25)22-20(23)17-11-9-16(10-12-17)15-24-13-5-2-6-14-24/h3-4,7-12H,2,5-6,13-15H2,1H3. The molecule has 0 unspecified atom stereocenters. The van der Waals surface area contributed by atoms with Gasteiger partial charge in [0.05, 0.1) is 10.9 Å². The van der Waals surface area contributed by atoms with Crippen LogP contribution in [0.4, 0.5) is 0 Å². The van der Waals surface area contributed by atoms with E-state index in [-0.39, 0.29) is 5.56 Å². The average molecular weight is 333 g/mol. The van der Waals surface area contributed by atoms with Crippen LogP contribution in [0.25, 0.3) is 22.3 Å². The molecule has 2 heterocycles. The van der Waals surface area contributed by atoms with Gasteiger partial charge in [0.2, 0.25) is 0 Å². The van der Waals surface area contributed by atoms with Gasteiger partial charge in [-0.15, -0.1) is 0 Å². The van der Waals surface area contributed by atoms with Crippen LogP contribution in [-0.4, -0.2) is 27.5 Å². The minimum atomic E-state index is -0.166. The maximum Gasteiger partial charge on any atom is 0.281 e. The summed E-state index contributed by atoms with van der Waals surface area (Å²) in [5, 5.41) is 0.662. The Kier molecular flexibility index (Phi) is 4.36. The lowest BCUT2D eigenvalue weighted by Crippen LogP contribution is -2.29. The molecule has 2 aromatic carbocycles. The lowest BCUT2D eigenvalue weighted by Gasteiger charge is -2.26. The first-order chi connectivity index (χ1) is 12.2. The fourth-order valence-corrected chi connectivity index (χ4v) is 3.69. The van der Waals surface area contributed by atoms with Gasteiger partial charge in [-0.2, -0.15) is 4.98 Å². The van der Waals surface area contributed by atoms with Crippen molar-refractivity contribution < 1.29 is 0 Å². The quantitative estimate of drug-likeness (QED) is 0.735. The van der Waals surface area contributed by atoms with E-state index in [1.54, 1.807) is 0 Å². The number of benzene rings is 2. The molecular formula is C21H23N3O. The fourth-order valence-electron chi connectivity index (χ4n) is 3.69. The maximum absolute atomic E-state index is 12.3. The zero-order valence-electron chi connectivity index (χ0n) is 14.6. The molecular weight excluding hydrogens is 310 g/mol. The highest BCUT2D eigenvalue weighted by Crippen LogP contribution is 2.21. The Hall–Kier alpha value is -2.46. The summed E-state index contributed by atoms with van der Waals surface area (Å²) >= 11 is 0. The van der Waals surface area contributed by atoms with Crippen LogP contribution >= 0.6 is 0 Å². The van der Waals surface area contributed by atoms with Crippen LogP contribution < -0.4 is 5.56 Å². The Morgan fingerprint density at radius 2 is 1.68 bits per heavy atom. The zero-order valence-corrected chi connectivity index (χ0v) is 14.6. The third kappa shape index (κ3) is 3.22. The number of para-hydroxylation sites is 1. The number of hydrogen-bond donors (Lipinski definition) is 0. The van der Waals surface area contributed by atoms with Crippen LogP contribution in [0.1, 0.15) is 24.8 Å². The van der Waals surface area contributed by atoms with E-state index in [1.807, 2.05) is 35.9 Å². The van der Waals surface area contributed by atoms with Crippen LogP contribution in [0.2, 0.25) is 0 Å². The molecule has 1 fully saturated rings. The van der Waals surface area contributed by atoms with Gasteiger partial charge in [-0.25, -0.2) is 0 Å². The van der Waals surface area contributed by atoms with Crippen LogP contribution in [0.15, 0.2) is 53.3 Å². The first kappa shape index (κ1) is 16.0. The third-order valence-electron chi connectivity index (χ3n) is 5.09. The first-order valence-electron chi connectivity index (χ1n) is 9.00. The molecule has 0 saturated carbocycles. The second kappa shape index (κ2) is 6.81. The van der Waals surface area contributed by atoms with E-state index in [4.69, 9.17) is 0 Å². The van der Waals surface area contributed by atoms with Crippen molar-refractivity contribution in [2.45, 2.75) is 25.8 Å². The summed E-state index contributed by atoms with van der Waals surface area (Å²) in [4.78, 5) is 19.2. The number of piperidine rings is 1. The van der Waals surface area contributed by atoms with E-state index in [0.717, 1.165) is 17.6 Å². The van der Waals surface area contributed by atoms with E-state index in [9.17, 15) is 4.79 Å². The van der Waals surface area contributed by atoms with Crippen molar-refractivity contribution in [2.24, 2.45) is 7.05 Å². The SMILES string of the molecule is Cn1c(-c2ccc(CN3CCCCC3)cc2)nc(=O)c2ccccc21. The Morgan fingerprint density at radius 3 is 2.44 bits per heavy atom. The Balaban J connectivity index is 1.65. The molecule has 0 N–H and O–H groups in total. The van der Waals surface area contributed by atoms with Crippen molar-refractivity contribution in [3.8, 4) is 11.4 Å². The lowest BCUT2D eigenvalue weighted by atomic mass is 10.1. The summed E-state index contributed by atoms with van der Waals surface area (Å²) < 4.78 is 2.00. The Morgan fingerprint density at radius 1 is 0.960 bits per heavy atom. The normalized spacial score (nSPS) is 15.6. The van der Waals surface area contributed by atoms with Gasteiger partial charge in [-0.05, 0) is 43.6 Å². The molecule has 0 amide bonds. The number of aryl methyl sites for hydroxylation is 1. The number of likely N-dealkylation sites (tertiary alicyclic amines) is 1. The fraction of sp³-hybridized carbons (Fsp3) is 0.333. The van der Waals surface area contributed by atoms with Crippen molar-refractivity contribution in [3.05, 3.63) is 64.4 Å². The second-order valence-corrected chi connectivity index (χ2v) is 6.85. The molecule has 128 valence electrons. The van der Waals surface area contributed by atoms with Crippen molar-refractivity contribution in [3.63, 3.8) is 0 Å². The molecule has 0 bridgehead atoms. The molecule has 25 heavy (non-hydrogen) atoms. The molecule has 1 aliphatic heterocycles. The Bertz CT molecular complexity index is 938. The molecule has 1 aromatic heterocycles. The summed E-state index contributed by atoms with van der Waals surface area (Å²) in [5.41, 5.74) is 3.04. The van der Waals surface area contributed by atoms with Crippen molar-refractivity contribution >= 4 is 10.9 Å². The Labute approximate surface area is 147 Å². The predicted octanol–water partition coefficient (Wildman–Crippen LogP) is 3.59. The maximum atomic E-state index is 12.3. The minimum absolute atomic E-state index is 0.166. The van der Waals surface area contributed by atoms with E-state index >= 15 is 0 Å². The molecule has 3 aromatic rings. The first-order valence-corrected chi connectivity index (χ1v) is 9.00. The largest absolute Gasteiger partial charge is 0.328 e. The molecule has 0 spiro atoms. The number of aromatic nitrogens is 2. The highest BCUT2D eigenvalue weighted by atomic mass is 16.1. The average Bonchev–Trinajstić information content (AvgIpc) is 2.66. The number of fused-ring (bicyclic) bond motifs is 1. The summed E-state index contributed by atoms with van der Waals surface area (Å²) in [7, 11) is 1.96. The highest BCUT2D eigenvalue weighted by Gasteiger charge is 2.12. The summed E-state index contributed by atoms with van der Waals surface area (Å²) in [6, 6.07) is 16.1. The molecule has 0 atom stereocenters. The summed E-state index contributed by atoms with van der Waals surface area (Å²) in [6.07, 6.45) is 3.97. The van der Waals surface area contributed by atoms with Gasteiger partial charge in [0.25, 0.3) is 5.56 Å². The lowest BCUT2D eigenvalue weighted by molar-refractivity contribution is 0.221.